The summed E-state index contributed by atoms with van der Waals surface area (Å²) in [7, 11) is 0. The van der Waals surface area contributed by atoms with Crippen LogP contribution in [0.15, 0.2) is 71.2 Å². The first-order valence-electron chi connectivity index (χ1n) is 13.1. The van der Waals surface area contributed by atoms with Crippen LogP contribution in [0.3, 0.4) is 0 Å². The highest BCUT2D eigenvalue weighted by Crippen LogP contribution is 2.27. The van der Waals surface area contributed by atoms with Gasteiger partial charge in [-0.2, -0.15) is 0 Å². The molecular weight excluding hydrogens is 526 g/mol. The molecule has 0 fully saturated rings. The minimum Gasteiger partial charge on any atom is -0.493 e. The Kier molecular flexibility index (Phi) is 9.40. The van der Waals surface area contributed by atoms with Gasteiger partial charge in [0.25, 0.3) is 5.91 Å². The number of aryl methyl sites for hydroxylation is 3. The van der Waals surface area contributed by atoms with E-state index in [0.717, 1.165) is 59.3 Å². The summed E-state index contributed by atoms with van der Waals surface area (Å²) >= 11 is 3.42. The molecule has 0 spiro atoms. The third kappa shape index (κ3) is 7.22. The third-order valence-electron chi connectivity index (χ3n) is 6.51. The Morgan fingerprint density at radius 3 is 2.68 bits per heavy atom. The normalized spacial score (nSPS) is 11.3. The summed E-state index contributed by atoms with van der Waals surface area (Å²) in [6, 6.07) is 22.2. The zero-order chi connectivity index (χ0) is 26.2. The van der Waals surface area contributed by atoms with Gasteiger partial charge in [0, 0.05) is 29.5 Å². The van der Waals surface area contributed by atoms with Crippen molar-refractivity contribution in [1.82, 2.24) is 14.9 Å². The van der Waals surface area contributed by atoms with Gasteiger partial charge < -0.3 is 14.6 Å². The molecule has 0 bridgehead atoms. The summed E-state index contributed by atoms with van der Waals surface area (Å²) in [6.07, 6.45) is 3.62. The van der Waals surface area contributed by atoms with Crippen LogP contribution in [0.1, 0.15) is 66.3 Å². The maximum absolute atomic E-state index is 12.4. The summed E-state index contributed by atoms with van der Waals surface area (Å²) in [4.78, 5) is 17.3. The Bertz CT molecular complexity index is 1350. The highest BCUT2D eigenvalue weighted by molar-refractivity contribution is 9.10. The van der Waals surface area contributed by atoms with Crippen LogP contribution in [-0.4, -0.2) is 28.6 Å². The largest absolute Gasteiger partial charge is 0.493 e. The molecule has 0 saturated carbocycles. The van der Waals surface area contributed by atoms with Crippen molar-refractivity contribution in [3.63, 3.8) is 0 Å². The first kappa shape index (κ1) is 26.9. The van der Waals surface area contributed by atoms with Crippen LogP contribution in [0, 0.1) is 6.92 Å². The fourth-order valence-corrected chi connectivity index (χ4v) is 4.94. The average Bonchev–Trinajstić information content (AvgIpc) is 3.23. The molecule has 37 heavy (non-hydrogen) atoms. The number of carbonyl (C=O) groups excluding carboxylic acids is 1. The molecule has 0 radical (unpaired) electrons. The molecular formula is C31H36BrN3O2. The predicted molar refractivity (Wildman–Crippen MR) is 155 cm³/mol. The molecule has 0 saturated heterocycles. The van der Waals surface area contributed by atoms with Gasteiger partial charge in [0.05, 0.1) is 17.6 Å². The van der Waals surface area contributed by atoms with E-state index in [4.69, 9.17) is 9.72 Å². The second kappa shape index (κ2) is 12.9. The lowest BCUT2D eigenvalue weighted by molar-refractivity contribution is 0.0953. The van der Waals surface area contributed by atoms with E-state index in [1.54, 1.807) is 0 Å². The second-order valence-electron chi connectivity index (χ2n) is 9.79. The number of nitrogens with one attached hydrogen (secondary N) is 1. The average molecular weight is 563 g/mol. The summed E-state index contributed by atoms with van der Waals surface area (Å²) in [5, 5.41) is 3.03. The van der Waals surface area contributed by atoms with Crippen molar-refractivity contribution in [3.8, 4) is 5.75 Å². The second-order valence-corrected chi connectivity index (χ2v) is 10.7. The van der Waals surface area contributed by atoms with Crippen molar-refractivity contribution in [2.75, 3.05) is 13.2 Å². The Morgan fingerprint density at radius 1 is 1.03 bits per heavy atom. The Hall–Kier alpha value is -3.12. The SMILES string of the molecule is Cc1ccc(C(C)C)c(OCCCCn2c(CCCNC(=O)c3cccc(Br)c3)nc3ccccc32)c1. The molecule has 0 aliphatic heterocycles. The number of imidazole rings is 1. The number of fused-ring (bicyclic) bond motifs is 1. The highest BCUT2D eigenvalue weighted by atomic mass is 79.9. The molecule has 3 aromatic carbocycles. The van der Waals surface area contributed by atoms with Crippen molar-refractivity contribution in [2.45, 2.75) is 58.9 Å². The van der Waals surface area contributed by atoms with E-state index in [1.807, 2.05) is 30.3 Å². The number of hydrogen-bond acceptors (Lipinski definition) is 3. The van der Waals surface area contributed by atoms with Gasteiger partial charge in [0.1, 0.15) is 11.6 Å². The van der Waals surface area contributed by atoms with E-state index in [-0.39, 0.29) is 5.91 Å². The van der Waals surface area contributed by atoms with E-state index in [2.05, 4.69) is 83.0 Å². The lowest BCUT2D eigenvalue weighted by atomic mass is 10.0. The molecule has 5 nitrogen and oxygen atoms in total. The number of carbonyl (C=O) groups is 1. The van der Waals surface area contributed by atoms with E-state index < -0.39 is 0 Å². The van der Waals surface area contributed by atoms with Crippen molar-refractivity contribution >= 4 is 32.9 Å². The molecule has 0 aliphatic carbocycles. The van der Waals surface area contributed by atoms with Crippen LogP contribution in [0.5, 0.6) is 5.75 Å². The first-order valence-corrected chi connectivity index (χ1v) is 13.9. The zero-order valence-electron chi connectivity index (χ0n) is 22.0. The van der Waals surface area contributed by atoms with Crippen molar-refractivity contribution in [1.29, 1.82) is 0 Å². The maximum atomic E-state index is 12.4. The van der Waals surface area contributed by atoms with E-state index in [0.29, 0.717) is 24.6 Å². The number of halogens is 1. The van der Waals surface area contributed by atoms with Gasteiger partial charge in [0.2, 0.25) is 0 Å². The number of amides is 1. The summed E-state index contributed by atoms with van der Waals surface area (Å²) in [5.41, 5.74) is 5.34. The van der Waals surface area contributed by atoms with Crippen molar-refractivity contribution < 1.29 is 9.53 Å². The lowest BCUT2D eigenvalue weighted by Crippen LogP contribution is -2.25. The summed E-state index contributed by atoms with van der Waals surface area (Å²) < 4.78 is 9.43. The zero-order valence-corrected chi connectivity index (χ0v) is 23.6. The summed E-state index contributed by atoms with van der Waals surface area (Å²) in [6.45, 7) is 8.72. The number of aromatic nitrogens is 2. The molecule has 1 aromatic heterocycles. The number of nitrogens with zero attached hydrogens (tertiary/aromatic N) is 2. The Balaban J connectivity index is 1.31. The monoisotopic (exact) mass is 561 g/mol. The molecule has 0 aliphatic rings. The van der Waals surface area contributed by atoms with Gasteiger partial charge >= 0.3 is 0 Å². The van der Waals surface area contributed by atoms with Crippen LogP contribution in [0.4, 0.5) is 0 Å². The lowest BCUT2D eigenvalue weighted by Gasteiger charge is -2.15. The molecule has 194 valence electrons. The van der Waals surface area contributed by atoms with E-state index in [1.165, 1.54) is 11.1 Å². The van der Waals surface area contributed by atoms with Gasteiger partial charge in [-0.25, -0.2) is 4.98 Å². The molecule has 4 rings (SSSR count). The molecule has 0 unspecified atom stereocenters. The van der Waals surface area contributed by atoms with Gasteiger partial charge in [-0.05, 0) is 79.6 Å². The van der Waals surface area contributed by atoms with Crippen molar-refractivity contribution in [2.24, 2.45) is 0 Å². The van der Waals surface area contributed by atoms with Crippen LogP contribution < -0.4 is 10.1 Å². The minimum absolute atomic E-state index is 0.0518. The molecule has 6 heteroatoms. The summed E-state index contributed by atoms with van der Waals surface area (Å²) in [5.74, 6) is 2.46. The number of rotatable bonds is 12. The van der Waals surface area contributed by atoms with Gasteiger partial charge in [0.15, 0.2) is 0 Å². The molecule has 4 aromatic rings. The number of unbranched alkanes of at least 4 members (excludes halogenated alkanes) is 1. The van der Waals surface area contributed by atoms with Crippen LogP contribution in [0.25, 0.3) is 11.0 Å². The Labute approximate surface area is 228 Å². The first-order chi connectivity index (χ1) is 17.9. The fraction of sp³-hybridized carbons (Fsp3) is 0.355. The van der Waals surface area contributed by atoms with Crippen molar-refractivity contribution in [3.05, 3.63) is 93.7 Å². The highest BCUT2D eigenvalue weighted by Gasteiger charge is 2.12. The molecule has 1 heterocycles. The smallest absolute Gasteiger partial charge is 0.251 e. The number of ether oxygens (including phenoxy) is 1. The van der Waals surface area contributed by atoms with Gasteiger partial charge in [-0.15, -0.1) is 0 Å². The number of hydrogen-bond donors (Lipinski definition) is 1. The van der Waals surface area contributed by atoms with E-state index >= 15 is 0 Å². The van der Waals surface area contributed by atoms with Gasteiger partial charge in [-0.1, -0.05) is 60.1 Å². The third-order valence-corrected chi connectivity index (χ3v) is 7.00. The number of para-hydroxylation sites is 2. The van der Waals surface area contributed by atoms with E-state index in [9.17, 15) is 4.79 Å². The van der Waals surface area contributed by atoms with Crippen LogP contribution in [0.2, 0.25) is 0 Å². The molecule has 0 atom stereocenters. The Morgan fingerprint density at radius 2 is 1.86 bits per heavy atom. The standard InChI is InChI=1S/C31H36BrN3O2/c1-22(2)26-16-15-23(3)20-29(26)37-19-7-6-18-35-28-13-5-4-12-27(28)34-30(35)14-9-17-33-31(36)24-10-8-11-25(32)21-24/h4-5,8,10-13,15-16,20-22H,6-7,9,14,17-19H2,1-3H3,(H,33,36). The maximum Gasteiger partial charge on any atom is 0.251 e. The fourth-order valence-electron chi connectivity index (χ4n) is 4.54. The molecule has 1 amide bonds. The van der Waals surface area contributed by atoms with Gasteiger partial charge in [-0.3, -0.25) is 4.79 Å². The topological polar surface area (TPSA) is 56.1 Å². The van der Waals surface area contributed by atoms with Crippen LogP contribution >= 0.6 is 15.9 Å². The molecule has 1 N–H and O–H groups in total. The minimum atomic E-state index is -0.0518. The number of benzene rings is 3. The predicted octanol–water partition coefficient (Wildman–Crippen LogP) is 7.45. The quantitative estimate of drug-likeness (QED) is 0.183. The van der Waals surface area contributed by atoms with Crippen LogP contribution in [-0.2, 0) is 13.0 Å².